The van der Waals surface area contributed by atoms with Crippen molar-refractivity contribution < 1.29 is 0 Å². The van der Waals surface area contributed by atoms with Gasteiger partial charge in [0.2, 0.25) is 0 Å². The summed E-state index contributed by atoms with van der Waals surface area (Å²) in [5.74, 6) is 0. The second kappa shape index (κ2) is 6.02. The predicted molar refractivity (Wildman–Crippen MR) is 69.8 cm³/mol. The molecule has 0 aromatic heterocycles. The van der Waals surface area contributed by atoms with Gasteiger partial charge in [-0.3, -0.25) is 9.80 Å². The van der Waals surface area contributed by atoms with Crippen LogP contribution in [0.1, 0.15) is 52.4 Å². The Hall–Kier alpha value is -0.0800. The average molecular weight is 224 g/mol. The summed E-state index contributed by atoms with van der Waals surface area (Å²) in [4.78, 5) is 5.55. The lowest BCUT2D eigenvalue weighted by atomic mass is 9.86. The molecule has 1 saturated heterocycles. The fourth-order valence-corrected chi connectivity index (χ4v) is 3.66. The van der Waals surface area contributed by atoms with E-state index in [0.29, 0.717) is 0 Å². The second-order valence-electron chi connectivity index (χ2n) is 5.49. The van der Waals surface area contributed by atoms with E-state index in [4.69, 9.17) is 0 Å². The first-order valence-corrected chi connectivity index (χ1v) is 7.35. The molecule has 0 aromatic carbocycles. The maximum atomic E-state index is 2.77. The van der Waals surface area contributed by atoms with Gasteiger partial charge in [0.15, 0.2) is 0 Å². The quantitative estimate of drug-likeness (QED) is 0.724. The predicted octanol–water partition coefficient (Wildman–Crippen LogP) is 2.74. The fraction of sp³-hybridized carbons (Fsp3) is 1.00. The summed E-state index contributed by atoms with van der Waals surface area (Å²) < 4.78 is 0. The molecule has 1 saturated carbocycles. The SMILES string of the molecule is CCCN1CCN(CCC)[C@H]2CCCC[C@H]21. The molecule has 2 rings (SSSR count). The van der Waals surface area contributed by atoms with Crippen molar-refractivity contribution in [3.8, 4) is 0 Å². The zero-order valence-electron chi connectivity index (χ0n) is 11.1. The van der Waals surface area contributed by atoms with Gasteiger partial charge in [0, 0.05) is 25.2 Å². The molecule has 0 radical (unpaired) electrons. The van der Waals surface area contributed by atoms with Crippen LogP contribution in [0.4, 0.5) is 0 Å². The standard InChI is InChI=1S/C14H28N2/c1-3-9-15-11-12-16(10-4-2)14-8-6-5-7-13(14)15/h13-14H,3-12H2,1-2H3/t13-,14+. The van der Waals surface area contributed by atoms with Crippen molar-refractivity contribution in [2.75, 3.05) is 26.2 Å². The monoisotopic (exact) mass is 224 g/mol. The highest BCUT2D eigenvalue weighted by atomic mass is 15.3. The van der Waals surface area contributed by atoms with Crippen molar-refractivity contribution >= 4 is 0 Å². The average Bonchev–Trinajstić information content (AvgIpc) is 2.33. The molecule has 0 bridgehead atoms. The zero-order chi connectivity index (χ0) is 11.4. The molecule has 2 fully saturated rings. The van der Waals surface area contributed by atoms with Crippen LogP contribution in [-0.2, 0) is 0 Å². The second-order valence-corrected chi connectivity index (χ2v) is 5.49. The van der Waals surface area contributed by atoms with Gasteiger partial charge >= 0.3 is 0 Å². The molecule has 16 heavy (non-hydrogen) atoms. The lowest BCUT2D eigenvalue weighted by molar-refractivity contribution is -0.00373. The van der Waals surface area contributed by atoms with Gasteiger partial charge in [-0.1, -0.05) is 26.7 Å². The fourth-order valence-electron chi connectivity index (χ4n) is 3.66. The minimum atomic E-state index is 0.883. The Balaban J connectivity index is 1.99. The topological polar surface area (TPSA) is 6.48 Å². The Bertz CT molecular complexity index is 183. The largest absolute Gasteiger partial charge is 0.298 e. The molecule has 0 amide bonds. The third kappa shape index (κ3) is 2.60. The van der Waals surface area contributed by atoms with Crippen LogP contribution >= 0.6 is 0 Å². The smallest absolute Gasteiger partial charge is 0.0252 e. The molecular formula is C14H28N2. The highest BCUT2D eigenvalue weighted by Gasteiger charge is 2.36. The summed E-state index contributed by atoms with van der Waals surface area (Å²) in [6.07, 6.45) is 8.45. The molecule has 2 nitrogen and oxygen atoms in total. The number of hydrogen-bond acceptors (Lipinski definition) is 2. The van der Waals surface area contributed by atoms with Gasteiger partial charge in [0.05, 0.1) is 0 Å². The number of rotatable bonds is 4. The van der Waals surface area contributed by atoms with Crippen molar-refractivity contribution in [3.63, 3.8) is 0 Å². The maximum Gasteiger partial charge on any atom is 0.0252 e. The van der Waals surface area contributed by atoms with Crippen LogP contribution in [-0.4, -0.2) is 48.1 Å². The number of hydrogen-bond donors (Lipinski definition) is 0. The van der Waals surface area contributed by atoms with E-state index in [1.54, 1.807) is 0 Å². The van der Waals surface area contributed by atoms with E-state index in [1.165, 1.54) is 64.7 Å². The zero-order valence-corrected chi connectivity index (χ0v) is 11.1. The Kier molecular flexibility index (Phi) is 4.66. The summed E-state index contributed by atoms with van der Waals surface area (Å²) in [7, 11) is 0. The number of fused-ring (bicyclic) bond motifs is 1. The molecule has 0 N–H and O–H groups in total. The normalized spacial score (nSPS) is 32.6. The first-order chi connectivity index (χ1) is 7.86. The first-order valence-electron chi connectivity index (χ1n) is 7.35. The molecule has 2 heteroatoms. The minimum absolute atomic E-state index is 0.883. The van der Waals surface area contributed by atoms with Gasteiger partial charge in [0.25, 0.3) is 0 Å². The summed E-state index contributed by atoms with van der Waals surface area (Å²) in [6, 6.07) is 1.77. The molecule has 0 aromatic rings. The lowest BCUT2D eigenvalue weighted by Crippen LogP contribution is -2.60. The van der Waals surface area contributed by atoms with Gasteiger partial charge < -0.3 is 0 Å². The Morgan fingerprint density at radius 3 is 1.62 bits per heavy atom. The van der Waals surface area contributed by atoms with Crippen molar-refractivity contribution in [1.29, 1.82) is 0 Å². The van der Waals surface area contributed by atoms with Crippen molar-refractivity contribution in [2.24, 2.45) is 0 Å². The minimum Gasteiger partial charge on any atom is -0.298 e. The van der Waals surface area contributed by atoms with E-state index in [0.717, 1.165) is 12.1 Å². The van der Waals surface area contributed by atoms with E-state index < -0.39 is 0 Å². The number of nitrogens with zero attached hydrogens (tertiary/aromatic N) is 2. The van der Waals surface area contributed by atoms with Crippen LogP contribution in [0.3, 0.4) is 0 Å². The number of piperazine rings is 1. The highest BCUT2D eigenvalue weighted by molar-refractivity contribution is 4.93. The first kappa shape index (κ1) is 12.4. The van der Waals surface area contributed by atoms with Crippen LogP contribution in [0.25, 0.3) is 0 Å². The van der Waals surface area contributed by atoms with Crippen LogP contribution in [0.15, 0.2) is 0 Å². The van der Waals surface area contributed by atoms with Gasteiger partial charge in [-0.15, -0.1) is 0 Å². The molecule has 1 aliphatic carbocycles. The highest BCUT2D eigenvalue weighted by Crippen LogP contribution is 2.30. The van der Waals surface area contributed by atoms with Crippen molar-refractivity contribution in [2.45, 2.75) is 64.5 Å². The third-order valence-corrected chi connectivity index (χ3v) is 4.33. The Labute approximate surface area is 101 Å². The van der Waals surface area contributed by atoms with E-state index in [1.807, 2.05) is 0 Å². The summed E-state index contributed by atoms with van der Waals surface area (Å²) >= 11 is 0. The lowest BCUT2D eigenvalue weighted by Gasteiger charge is -2.50. The molecular weight excluding hydrogens is 196 g/mol. The summed E-state index contributed by atoms with van der Waals surface area (Å²) in [5, 5.41) is 0. The maximum absolute atomic E-state index is 2.77. The van der Waals surface area contributed by atoms with Crippen LogP contribution < -0.4 is 0 Å². The Morgan fingerprint density at radius 1 is 0.812 bits per heavy atom. The van der Waals surface area contributed by atoms with Gasteiger partial charge in [0.1, 0.15) is 0 Å². The van der Waals surface area contributed by atoms with E-state index in [-0.39, 0.29) is 0 Å². The van der Waals surface area contributed by atoms with Crippen molar-refractivity contribution in [3.05, 3.63) is 0 Å². The van der Waals surface area contributed by atoms with E-state index in [9.17, 15) is 0 Å². The molecule has 94 valence electrons. The van der Waals surface area contributed by atoms with Crippen LogP contribution in [0, 0.1) is 0 Å². The summed E-state index contributed by atoms with van der Waals surface area (Å²) in [6.45, 7) is 9.90. The molecule has 0 unspecified atom stereocenters. The molecule has 2 atom stereocenters. The summed E-state index contributed by atoms with van der Waals surface area (Å²) in [5.41, 5.74) is 0. The van der Waals surface area contributed by atoms with Gasteiger partial charge in [-0.2, -0.15) is 0 Å². The molecule has 1 heterocycles. The third-order valence-electron chi connectivity index (χ3n) is 4.33. The molecule has 2 aliphatic rings. The Morgan fingerprint density at radius 2 is 1.25 bits per heavy atom. The van der Waals surface area contributed by atoms with E-state index in [2.05, 4.69) is 23.6 Å². The van der Waals surface area contributed by atoms with Gasteiger partial charge in [-0.05, 0) is 38.8 Å². The van der Waals surface area contributed by atoms with Crippen LogP contribution in [0.2, 0.25) is 0 Å². The molecule has 0 spiro atoms. The molecule has 1 aliphatic heterocycles. The van der Waals surface area contributed by atoms with Gasteiger partial charge in [-0.25, -0.2) is 0 Å². The van der Waals surface area contributed by atoms with Crippen LogP contribution in [0.5, 0.6) is 0 Å². The van der Waals surface area contributed by atoms with E-state index >= 15 is 0 Å². The van der Waals surface area contributed by atoms with Crippen molar-refractivity contribution in [1.82, 2.24) is 9.80 Å².